The van der Waals surface area contributed by atoms with Crippen molar-refractivity contribution in [1.82, 2.24) is 5.32 Å². The van der Waals surface area contributed by atoms with Gasteiger partial charge in [-0.1, -0.05) is 30.3 Å². The molecule has 6 rings (SSSR count). The van der Waals surface area contributed by atoms with Crippen molar-refractivity contribution in [3.8, 4) is 11.5 Å². The molecule has 9 heteroatoms. The number of nitrogen functional groups attached to an aromatic ring is 1. The summed E-state index contributed by atoms with van der Waals surface area (Å²) in [6, 6.07) is 16.9. The van der Waals surface area contributed by atoms with Crippen molar-refractivity contribution in [1.29, 1.82) is 0 Å². The van der Waals surface area contributed by atoms with E-state index in [4.69, 9.17) is 21.9 Å². The summed E-state index contributed by atoms with van der Waals surface area (Å²) in [6.45, 7) is 1.88. The number of amides is 1. The van der Waals surface area contributed by atoms with Crippen LogP contribution >= 0.6 is 11.3 Å². The Kier molecular flexibility index (Phi) is 6.19. The maximum atomic E-state index is 14.1. The summed E-state index contributed by atoms with van der Waals surface area (Å²) < 4.78 is 6.64. The molecule has 1 amide bonds. The lowest BCUT2D eigenvalue weighted by Gasteiger charge is -2.37. The minimum atomic E-state index is -1.55. The second-order valence-corrected chi connectivity index (χ2v) is 11.4. The normalized spacial score (nSPS) is 24.2. The lowest BCUT2D eigenvalue weighted by atomic mass is 9.69. The van der Waals surface area contributed by atoms with Crippen LogP contribution in [0.25, 0.3) is 10.1 Å². The van der Waals surface area contributed by atoms with Gasteiger partial charge in [-0.25, -0.2) is 0 Å². The van der Waals surface area contributed by atoms with Crippen molar-refractivity contribution in [3.05, 3.63) is 87.8 Å². The summed E-state index contributed by atoms with van der Waals surface area (Å²) in [4.78, 5) is 27.8. The van der Waals surface area contributed by atoms with E-state index in [9.17, 15) is 14.7 Å². The van der Waals surface area contributed by atoms with Crippen LogP contribution in [-0.2, 0) is 10.3 Å². The second-order valence-electron chi connectivity index (χ2n) is 10.4. The molecule has 0 aliphatic heterocycles. The van der Waals surface area contributed by atoms with Crippen LogP contribution in [0.15, 0.2) is 60.7 Å². The average Bonchev–Trinajstić information content (AvgIpc) is 3.52. The molecule has 1 aromatic heterocycles. The number of aliphatic hydroxyl groups is 1. The molecule has 2 aliphatic carbocycles. The average molecular weight is 543 g/mol. The Morgan fingerprint density at radius 2 is 1.82 bits per heavy atom. The monoisotopic (exact) mass is 542 g/mol. The first kappa shape index (κ1) is 25.5. The molecule has 39 heavy (non-hydrogen) atoms. The van der Waals surface area contributed by atoms with Crippen LogP contribution in [0.5, 0.6) is 11.5 Å². The van der Waals surface area contributed by atoms with Gasteiger partial charge < -0.3 is 32.4 Å². The minimum Gasteiger partial charge on any atom is -0.457 e. The highest BCUT2D eigenvalue weighted by Gasteiger charge is 2.49. The maximum Gasteiger partial charge on any atom is 0.262 e. The number of nitrogens with two attached hydrogens (primary N) is 3. The number of ether oxygens (including phenoxy) is 1. The van der Waals surface area contributed by atoms with Gasteiger partial charge in [0, 0.05) is 16.6 Å². The van der Waals surface area contributed by atoms with E-state index in [1.165, 1.54) is 11.3 Å². The summed E-state index contributed by atoms with van der Waals surface area (Å²) in [7, 11) is 0. The molecule has 8 N–H and O–H groups in total. The molecule has 8 nitrogen and oxygen atoms in total. The third-order valence-electron chi connectivity index (χ3n) is 7.92. The highest BCUT2D eigenvalue weighted by Crippen LogP contribution is 2.50. The van der Waals surface area contributed by atoms with Crippen LogP contribution in [0.2, 0.25) is 0 Å². The second kappa shape index (κ2) is 9.46. The van der Waals surface area contributed by atoms with Crippen molar-refractivity contribution in [3.63, 3.8) is 0 Å². The van der Waals surface area contributed by atoms with Gasteiger partial charge in [-0.3, -0.25) is 9.59 Å². The summed E-state index contributed by atoms with van der Waals surface area (Å²) in [5.74, 6) is 0.537. The van der Waals surface area contributed by atoms with E-state index in [0.29, 0.717) is 61.7 Å². The molecule has 1 heterocycles. The van der Waals surface area contributed by atoms with Crippen molar-refractivity contribution < 1.29 is 19.4 Å². The van der Waals surface area contributed by atoms with Crippen LogP contribution in [0, 0.1) is 6.92 Å². The van der Waals surface area contributed by atoms with E-state index in [-0.39, 0.29) is 11.9 Å². The third-order valence-corrected chi connectivity index (χ3v) is 9.17. The Bertz CT molecular complexity index is 1620. The fraction of sp³-hybridized carbons (Fsp3) is 0.267. The fourth-order valence-electron chi connectivity index (χ4n) is 5.94. The molecule has 1 saturated carbocycles. The number of hydrogen-bond donors (Lipinski definition) is 5. The van der Waals surface area contributed by atoms with Gasteiger partial charge in [-0.15, -0.1) is 11.3 Å². The van der Waals surface area contributed by atoms with Crippen molar-refractivity contribution in [2.75, 3.05) is 5.73 Å². The van der Waals surface area contributed by atoms with Gasteiger partial charge in [0.05, 0.1) is 27.8 Å². The highest BCUT2D eigenvalue weighted by atomic mass is 32.1. The number of carbonyl (C=O) groups excluding carboxylic acids is 2. The van der Waals surface area contributed by atoms with Gasteiger partial charge in [0.15, 0.2) is 5.78 Å². The first-order chi connectivity index (χ1) is 18.7. The Labute approximate surface area is 229 Å². The molecular formula is C30H30N4O4S. The van der Waals surface area contributed by atoms with Crippen molar-refractivity contribution >= 4 is 38.8 Å². The Morgan fingerprint density at radius 1 is 1.08 bits per heavy atom. The zero-order valence-electron chi connectivity index (χ0n) is 21.4. The van der Waals surface area contributed by atoms with Gasteiger partial charge in [-0.2, -0.15) is 0 Å². The topological polar surface area (TPSA) is 154 Å². The quantitative estimate of drug-likeness (QED) is 0.239. The number of aliphatic hydroxyl groups excluding tert-OH is 1. The molecule has 4 aromatic rings. The maximum absolute atomic E-state index is 14.1. The smallest absolute Gasteiger partial charge is 0.262 e. The number of anilines is 1. The van der Waals surface area contributed by atoms with Gasteiger partial charge >= 0.3 is 0 Å². The number of ketones is 1. The number of carbonyl (C=O) groups is 2. The molecule has 0 saturated heterocycles. The van der Waals surface area contributed by atoms with Crippen molar-refractivity contribution in [2.45, 2.75) is 49.9 Å². The minimum absolute atomic E-state index is 0.328. The largest absolute Gasteiger partial charge is 0.457 e. The SMILES string of the molecule is Cc1cc(Oc2ccccc2)ccc1C1(N)C(=O)C(N)c2c(C(=O)N[C@H]3CCC[C@@H]3O)sc3c(N)ccc1c23. The molecule has 0 spiro atoms. The highest BCUT2D eigenvalue weighted by molar-refractivity contribution is 7.21. The Morgan fingerprint density at radius 3 is 2.51 bits per heavy atom. The molecule has 2 unspecified atom stereocenters. The van der Waals surface area contributed by atoms with Gasteiger partial charge in [0.25, 0.3) is 5.91 Å². The van der Waals surface area contributed by atoms with Gasteiger partial charge in [0.2, 0.25) is 0 Å². The van der Waals surface area contributed by atoms with E-state index in [1.807, 2.05) is 43.3 Å². The molecular weight excluding hydrogens is 512 g/mol. The summed E-state index contributed by atoms with van der Waals surface area (Å²) in [5, 5.41) is 13.8. The van der Waals surface area contributed by atoms with Crippen LogP contribution in [-0.4, -0.2) is 28.9 Å². The van der Waals surface area contributed by atoms with Crippen molar-refractivity contribution in [2.24, 2.45) is 11.5 Å². The molecule has 4 atom stereocenters. The predicted molar refractivity (Wildman–Crippen MR) is 152 cm³/mol. The number of benzene rings is 3. The summed E-state index contributed by atoms with van der Waals surface area (Å²) >= 11 is 1.21. The van der Waals surface area contributed by atoms with Crippen LogP contribution in [0.4, 0.5) is 5.69 Å². The van der Waals surface area contributed by atoms with Gasteiger partial charge in [0.1, 0.15) is 17.0 Å². The molecule has 2 aliphatic rings. The molecule has 1 fully saturated rings. The molecule has 200 valence electrons. The Balaban J connectivity index is 1.46. The van der Waals surface area contributed by atoms with E-state index in [1.54, 1.807) is 24.3 Å². The van der Waals surface area contributed by atoms with Crippen LogP contribution in [0.1, 0.15) is 57.2 Å². The van der Waals surface area contributed by atoms with Crippen LogP contribution < -0.4 is 27.3 Å². The number of aryl methyl sites for hydroxylation is 1. The Hall–Kier alpha value is -3.76. The first-order valence-electron chi connectivity index (χ1n) is 13.0. The number of thiophene rings is 1. The molecule has 3 aromatic carbocycles. The van der Waals surface area contributed by atoms with E-state index < -0.39 is 23.5 Å². The lowest BCUT2D eigenvalue weighted by Crippen LogP contribution is -2.53. The zero-order chi connectivity index (χ0) is 27.5. The third kappa shape index (κ3) is 4.01. The van der Waals surface area contributed by atoms with Gasteiger partial charge in [-0.05, 0) is 73.2 Å². The summed E-state index contributed by atoms with van der Waals surface area (Å²) in [6.07, 6.45) is 1.58. The standard InChI is InChI=1S/C30H30N4O4S/c1-15-14-17(38-16-6-3-2-4-7-16)10-11-18(15)30(33)19-12-13-20(31)26-23(19)24(25(32)28(30)36)27(39-26)29(37)34-21-8-5-9-22(21)35/h2-4,6-7,10-14,21-22,25,35H,5,8-9,31-33H2,1H3,(H,34,37)/t21-,22-,25?,30?/m0/s1. The number of nitrogens with one attached hydrogen (secondary N) is 1. The fourth-order valence-corrected chi connectivity index (χ4v) is 7.14. The number of Topliss-reactive ketones (excluding diaryl/α,β-unsaturated/α-hetero) is 1. The van der Waals surface area contributed by atoms with Crippen LogP contribution in [0.3, 0.4) is 0 Å². The van der Waals surface area contributed by atoms with E-state index in [0.717, 1.165) is 12.0 Å². The number of rotatable bonds is 5. The lowest BCUT2D eigenvalue weighted by molar-refractivity contribution is -0.124. The molecule has 0 radical (unpaired) electrons. The first-order valence-corrected chi connectivity index (χ1v) is 13.8. The molecule has 0 bridgehead atoms. The van der Waals surface area contributed by atoms with E-state index in [2.05, 4.69) is 5.32 Å². The number of hydrogen-bond acceptors (Lipinski definition) is 8. The van der Waals surface area contributed by atoms with E-state index >= 15 is 0 Å². The predicted octanol–water partition coefficient (Wildman–Crippen LogP) is 4.01. The number of para-hydroxylation sites is 1. The summed E-state index contributed by atoms with van der Waals surface area (Å²) in [5.41, 5.74) is 21.3. The zero-order valence-corrected chi connectivity index (χ0v) is 22.3.